The Morgan fingerprint density at radius 1 is 1.12 bits per heavy atom. The molecule has 2 rings (SSSR count). The number of methoxy groups -OCH3 is 2. The van der Waals surface area contributed by atoms with E-state index in [-0.39, 0.29) is 5.54 Å². The summed E-state index contributed by atoms with van der Waals surface area (Å²) in [4.78, 5) is 0. The van der Waals surface area contributed by atoms with E-state index in [1.54, 1.807) is 14.2 Å². The van der Waals surface area contributed by atoms with Crippen LogP contribution in [0.1, 0.15) is 24.5 Å². The molecule has 0 radical (unpaired) electrons. The fourth-order valence-corrected chi connectivity index (χ4v) is 2.30. The number of hydrogen-bond donors (Lipinski definition) is 1. The number of benzene rings is 1. The van der Waals surface area contributed by atoms with E-state index in [1.165, 1.54) is 11.1 Å². The second kappa shape index (κ2) is 3.98. The molecule has 1 unspecified atom stereocenters. The van der Waals surface area contributed by atoms with Gasteiger partial charge in [-0.25, -0.2) is 0 Å². The van der Waals surface area contributed by atoms with Crippen molar-refractivity contribution >= 4 is 0 Å². The first-order valence-electron chi connectivity index (χ1n) is 5.58. The van der Waals surface area contributed by atoms with Crippen molar-refractivity contribution in [3.05, 3.63) is 23.3 Å². The predicted octanol–water partition coefficient (Wildman–Crippen LogP) is 1.91. The average molecular weight is 221 g/mol. The SMILES string of the molecule is COc1cc2c(cc1OC)CC(C)(N)CC2. The van der Waals surface area contributed by atoms with Gasteiger partial charge in [-0.1, -0.05) is 0 Å². The molecule has 0 saturated carbocycles. The number of hydrogen-bond acceptors (Lipinski definition) is 3. The van der Waals surface area contributed by atoms with Gasteiger partial charge < -0.3 is 15.2 Å². The van der Waals surface area contributed by atoms with E-state index in [1.807, 2.05) is 0 Å². The summed E-state index contributed by atoms with van der Waals surface area (Å²) < 4.78 is 10.6. The van der Waals surface area contributed by atoms with Crippen molar-refractivity contribution in [2.45, 2.75) is 31.7 Å². The lowest BCUT2D eigenvalue weighted by Crippen LogP contribution is -2.41. The molecule has 0 saturated heterocycles. The molecule has 16 heavy (non-hydrogen) atoms. The maximum absolute atomic E-state index is 6.18. The Balaban J connectivity index is 2.42. The number of fused-ring (bicyclic) bond motifs is 1. The summed E-state index contributed by atoms with van der Waals surface area (Å²) >= 11 is 0. The second-order valence-corrected chi connectivity index (χ2v) is 4.81. The highest BCUT2D eigenvalue weighted by Crippen LogP contribution is 2.35. The van der Waals surface area contributed by atoms with Crippen molar-refractivity contribution in [3.63, 3.8) is 0 Å². The molecule has 3 nitrogen and oxygen atoms in total. The Morgan fingerprint density at radius 3 is 2.25 bits per heavy atom. The van der Waals surface area contributed by atoms with Crippen LogP contribution in [0, 0.1) is 0 Å². The third-order valence-electron chi connectivity index (χ3n) is 3.27. The van der Waals surface area contributed by atoms with Crippen molar-refractivity contribution in [2.24, 2.45) is 5.73 Å². The molecule has 2 N–H and O–H groups in total. The van der Waals surface area contributed by atoms with E-state index < -0.39 is 0 Å². The van der Waals surface area contributed by atoms with E-state index in [0.29, 0.717) is 0 Å². The molecule has 88 valence electrons. The zero-order valence-corrected chi connectivity index (χ0v) is 10.2. The topological polar surface area (TPSA) is 44.5 Å². The fourth-order valence-electron chi connectivity index (χ4n) is 2.30. The first kappa shape index (κ1) is 11.3. The minimum Gasteiger partial charge on any atom is -0.493 e. The molecule has 1 aromatic rings. The van der Waals surface area contributed by atoms with Gasteiger partial charge in [0.25, 0.3) is 0 Å². The molecule has 3 heteroatoms. The second-order valence-electron chi connectivity index (χ2n) is 4.81. The molecular weight excluding hydrogens is 202 g/mol. The molecule has 1 atom stereocenters. The summed E-state index contributed by atoms with van der Waals surface area (Å²) in [5, 5.41) is 0. The van der Waals surface area contributed by atoms with Gasteiger partial charge >= 0.3 is 0 Å². The largest absolute Gasteiger partial charge is 0.493 e. The Bertz CT molecular complexity index is 399. The fraction of sp³-hybridized carbons (Fsp3) is 0.538. The summed E-state index contributed by atoms with van der Waals surface area (Å²) in [5.74, 6) is 1.60. The molecule has 0 fully saturated rings. The summed E-state index contributed by atoms with van der Waals surface area (Å²) in [6, 6.07) is 4.13. The maximum atomic E-state index is 6.18. The van der Waals surface area contributed by atoms with Gasteiger partial charge in [-0.2, -0.15) is 0 Å². The normalized spacial score (nSPS) is 23.8. The number of nitrogens with two attached hydrogens (primary N) is 1. The van der Waals surface area contributed by atoms with Crippen LogP contribution in [-0.4, -0.2) is 19.8 Å². The van der Waals surface area contributed by atoms with Crippen molar-refractivity contribution in [2.75, 3.05) is 14.2 Å². The summed E-state index contributed by atoms with van der Waals surface area (Å²) in [6.45, 7) is 2.10. The minimum absolute atomic E-state index is 0.0907. The Hall–Kier alpha value is -1.22. The van der Waals surface area contributed by atoms with Gasteiger partial charge in [0.05, 0.1) is 14.2 Å². The smallest absolute Gasteiger partial charge is 0.161 e. The van der Waals surface area contributed by atoms with Crippen LogP contribution in [0.2, 0.25) is 0 Å². The Labute approximate surface area is 96.5 Å². The van der Waals surface area contributed by atoms with Gasteiger partial charge in [-0.3, -0.25) is 0 Å². The van der Waals surface area contributed by atoms with Gasteiger partial charge in [0.2, 0.25) is 0 Å². The molecule has 0 spiro atoms. The van der Waals surface area contributed by atoms with Crippen LogP contribution in [0.4, 0.5) is 0 Å². The molecule has 1 aliphatic carbocycles. The number of aryl methyl sites for hydroxylation is 1. The third kappa shape index (κ3) is 2.00. The van der Waals surface area contributed by atoms with Crippen molar-refractivity contribution in [1.82, 2.24) is 0 Å². The Kier molecular flexibility index (Phi) is 2.80. The van der Waals surface area contributed by atoms with Gasteiger partial charge in [0.1, 0.15) is 0 Å². The maximum Gasteiger partial charge on any atom is 0.161 e. The van der Waals surface area contributed by atoms with E-state index in [0.717, 1.165) is 30.8 Å². The summed E-state index contributed by atoms with van der Waals surface area (Å²) in [6.07, 6.45) is 2.95. The van der Waals surface area contributed by atoms with E-state index in [9.17, 15) is 0 Å². The van der Waals surface area contributed by atoms with Crippen LogP contribution in [0.25, 0.3) is 0 Å². The first-order chi connectivity index (χ1) is 7.55. The van der Waals surface area contributed by atoms with Crippen molar-refractivity contribution in [3.8, 4) is 11.5 Å². The zero-order chi connectivity index (χ0) is 11.8. The monoisotopic (exact) mass is 221 g/mol. The number of ether oxygens (including phenoxy) is 2. The summed E-state index contributed by atoms with van der Waals surface area (Å²) in [7, 11) is 3.33. The van der Waals surface area contributed by atoms with Crippen molar-refractivity contribution < 1.29 is 9.47 Å². The van der Waals surface area contributed by atoms with Crippen LogP contribution in [0.5, 0.6) is 11.5 Å². The standard InChI is InChI=1S/C13H19NO2/c1-13(14)5-4-9-6-11(15-2)12(16-3)7-10(9)8-13/h6-7H,4-5,8,14H2,1-3H3. The Morgan fingerprint density at radius 2 is 1.69 bits per heavy atom. The van der Waals surface area contributed by atoms with E-state index >= 15 is 0 Å². The molecule has 1 aromatic carbocycles. The lowest BCUT2D eigenvalue weighted by molar-refractivity contribution is 0.350. The molecule has 0 amide bonds. The van der Waals surface area contributed by atoms with Crippen LogP contribution < -0.4 is 15.2 Å². The van der Waals surface area contributed by atoms with Crippen LogP contribution >= 0.6 is 0 Å². The molecule has 0 bridgehead atoms. The lowest BCUT2D eigenvalue weighted by atomic mass is 9.80. The van der Waals surface area contributed by atoms with Crippen LogP contribution in [-0.2, 0) is 12.8 Å². The van der Waals surface area contributed by atoms with E-state index in [2.05, 4.69) is 19.1 Å². The highest BCUT2D eigenvalue weighted by Gasteiger charge is 2.26. The molecular formula is C13H19NO2. The van der Waals surface area contributed by atoms with Crippen molar-refractivity contribution in [1.29, 1.82) is 0 Å². The molecule has 0 aliphatic heterocycles. The lowest BCUT2D eigenvalue weighted by Gasteiger charge is -2.31. The summed E-state index contributed by atoms with van der Waals surface area (Å²) in [5.41, 5.74) is 8.71. The quantitative estimate of drug-likeness (QED) is 0.829. The first-order valence-corrected chi connectivity index (χ1v) is 5.58. The molecule has 0 aromatic heterocycles. The molecule has 0 heterocycles. The highest BCUT2D eigenvalue weighted by molar-refractivity contribution is 5.49. The molecule has 1 aliphatic rings. The van der Waals surface area contributed by atoms with Crippen LogP contribution in [0.3, 0.4) is 0 Å². The number of rotatable bonds is 2. The average Bonchev–Trinajstić information content (AvgIpc) is 2.26. The third-order valence-corrected chi connectivity index (χ3v) is 3.27. The zero-order valence-electron chi connectivity index (χ0n) is 10.2. The van der Waals surface area contributed by atoms with E-state index in [4.69, 9.17) is 15.2 Å². The van der Waals surface area contributed by atoms with Gasteiger partial charge in [0.15, 0.2) is 11.5 Å². The highest BCUT2D eigenvalue weighted by atomic mass is 16.5. The van der Waals surface area contributed by atoms with Gasteiger partial charge in [-0.05, 0) is 49.4 Å². The van der Waals surface area contributed by atoms with Gasteiger partial charge in [-0.15, -0.1) is 0 Å². The van der Waals surface area contributed by atoms with Crippen LogP contribution in [0.15, 0.2) is 12.1 Å². The minimum atomic E-state index is -0.0907. The van der Waals surface area contributed by atoms with Gasteiger partial charge in [0, 0.05) is 5.54 Å². The predicted molar refractivity (Wildman–Crippen MR) is 64.2 cm³/mol.